The van der Waals surface area contributed by atoms with Gasteiger partial charge in [-0.1, -0.05) is 58.4 Å². The number of hydrogen-bond acceptors (Lipinski definition) is 2. The molecule has 0 aliphatic carbocycles. The van der Waals surface area contributed by atoms with Crippen molar-refractivity contribution < 1.29 is 8.42 Å². The van der Waals surface area contributed by atoms with Gasteiger partial charge in [0.15, 0.2) is 0 Å². The molecule has 0 fully saturated rings. The third-order valence-electron chi connectivity index (χ3n) is 3.75. The molecular formula is C17H16BrNO2S. The summed E-state index contributed by atoms with van der Waals surface area (Å²) in [5.74, 6) is 0. The van der Waals surface area contributed by atoms with Crippen LogP contribution in [-0.2, 0) is 10.0 Å². The molecule has 2 aromatic rings. The van der Waals surface area contributed by atoms with E-state index in [9.17, 15) is 8.42 Å². The molecule has 1 heterocycles. The topological polar surface area (TPSA) is 37.4 Å². The van der Waals surface area contributed by atoms with Gasteiger partial charge >= 0.3 is 0 Å². The largest absolute Gasteiger partial charge is 0.243 e. The van der Waals surface area contributed by atoms with Crippen LogP contribution in [0.25, 0.3) is 5.57 Å². The van der Waals surface area contributed by atoms with E-state index in [0.29, 0.717) is 18.0 Å². The zero-order chi connectivity index (χ0) is 15.6. The van der Waals surface area contributed by atoms with Crippen LogP contribution in [0.2, 0.25) is 0 Å². The Balaban J connectivity index is 1.82. The number of hydrogen-bond donors (Lipinski definition) is 0. The smallest absolute Gasteiger partial charge is 0.207 e. The number of benzene rings is 2. The lowest BCUT2D eigenvalue weighted by molar-refractivity contribution is 0.441. The summed E-state index contributed by atoms with van der Waals surface area (Å²) >= 11 is 3.32. The van der Waals surface area contributed by atoms with Gasteiger partial charge in [-0.3, -0.25) is 0 Å². The van der Waals surface area contributed by atoms with Crippen molar-refractivity contribution in [2.75, 3.05) is 13.1 Å². The predicted octanol–water partition coefficient (Wildman–Crippen LogP) is 3.93. The molecule has 114 valence electrons. The Hall–Kier alpha value is -1.43. The molecule has 0 saturated carbocycles. The summed E-state index contributed by atoms with van der Waals surface area (Å²) in [5.41, 5.74) is 2.38. The first kappa shape index (κ1) is 15.5. The van der Waals surface area contributed by atoms with Crippen molar-refractivity contribution in [3.05, 3.63) is 70.7 Å². The number of rotatable bonds is 3. The summed E-state index contributed by atoms with van der Waals surface area (Å²) < 4.78 is 27.6. The summed E-state index contributed by atoms with van der Waals surface area (Å²) in [6.07, 6.45) is 2.74. The van der Waals surface area contributed by atoms with Crippen LogP contribution in [0, 0.1) is 0 Å². The van der Waals surface area contributed by atoms with Crippen LogP contribution in [0.4, 0.5) is 0 Å². The van der Waals surface area contributed by atoms with E-state index in [-0.39, 0.29) is 0 Å². The lowest BCUT2D eigenvalue weighted by Crippen LogP contribution is -2.34. The highest BCUT2D eigenvalue weighted by molar-refractivity contribution is 9.10. The molecule has 0 N–H and O–H groups in total. The van der Waals surface area contributed by atoms with Gasteiger partial charge in [-0.05, 0) is 35.8 Å². The van der Waals surface area contributed by atoms with E-state index < -0.39 is 10.0 Å². The maximum atomic E-state index is 12.7. The van der Waals surface area contributed by atoms with Gasteiger partial charge in [0.1, 0.15) is 0 Å². The van der Waals surface area contributed by atoms with Crippen LogP contribution in [0.3, 0.4) is 0 Å². The standard InChI is InChI=1S/C17H16BrNO2S/c18-16-7-4-8-17(13-16)22(20,21)19-11-9-15(10-12-19)14-5-2-1-3-6-14/h1-9,13H,10-12H2. The lowest BCUT2D eigenvalue weighted by Gasteiger charge is -2.26. The van der Waals surface area contributed by atoms with Gasteiger partial charge in [-0.2, -0.15) is 4.31 Å². The highest BCUT2D eigenvalue weighted by atomic mass is 79.9. The number of sulfonamides is 1. The van der Waals surface area contributed by atoms with Crippen LogP contribution in [-0.4, -0.2) is 25.8 Å². The SMILES string of the molecule is O=S(=O)(c1cccc(Br)c1)N1CC=C(c2ccccc2)CC1. The molecule has 0 saturated heterocycles. The molecule has 0 aromatic heterocycles. The summed E-state index contributed by atoms with van der Waals surface area (Å²) in [5, 5.41) is 0. The Morgan fingerprint density at radius 2 is 1.77 bits per heavy atom. The molecule has 0 spiro atoms. The molecule has 0 amide bonds. The second-order valence-corrected chi connectivity index (χ2v) is 8.02. The van der Waals surface area contributed by atoms with Gasteiger partial charge in [-0.15, -0.1) is 0 Å². The molecule has 0 radical (unpaired) electrons. The average molecular weight is 378 g/mol. The van der Waals surface area contributed by atoms with Gasteiger partial charge in [-0.25, -0.2) is 8.42 Å². The molecule has 0 bridgehead atoms. The quantitative estimate of drug-likeness (QED) is 0.812. The second-order valence-electron chi connectivity index (χ2n) is 5.17. The molecule has 0 atom stereocenters. The minimum atomic E-state index is -3.43. The minimum Gasteiger partial charge on any atom is -0.207 e. The van der Waals surface area contributed by atoms with E-state index in [1.165, 1.54) is 15.4 Å². The fourth-order valence-electron chi connectivity index (χ4n) is 2.56. The maximum Gasteiger partial charge on any atom is 0.243 e. The minimum absolute atomic E-state index is 0.332. The van der Waals surface area contributed by atoms with Crippen molar-refractivity contribution in [2.45, 2.75) is 11.3 Å². The fraction of sp³-hybridized carbons (Fsp3) is 0.176. The Morgan fingerprint density at radius 3 is 2.41 bits per heavy atom. The van der Waals surface area contributed by atoms with E-state index in [1.54, 1.807) is 18.2 Å². The van der Waals surface area contributed by atoms with E-state index >= 15 is 0 Å². The van der Waals surface area contributed by atoms with Crippen molar-refractivity contribution in [1.29, 1.82) is 0 Å². The molecule has 0 unspecified atom stereocenters. The highest BCUT2D eigenvalue weighted by Crippen LogP contribution is 2.26. The van der Waals surface area contributed by atoms with Crippen molar-refractivity contribution in [1.82, 2.24) is 4.31 Å². The lowest BCUT2D eigenvalue weighted by atomic mass is 10.0. The molecular weight excluding hydrogens is 362 g/mol. The van der Waals surface area contributed by atoms with E-state index in [4.69, 9.17) is 0 Å². The first-order valence-corrected chi connectivity index (χ1v) is 9.31. The summed E-state index contributed by atoms with van der Waals surface area (Å²) in [6.45, 7) is 0.925. The molecule has 3 nitrogen and oxygen atoms in total. The van der Waals surface area contributed by atoms with Crippen molar-refractivity contribution in [3.63, 3.8) is 0 Å². The first-order chi connectivity index (χ1) is 10.6. The second kappa shape index (κ2) is 6.36. The Bertz CT molecular complexity index is 800. The fourth-order valence-corrected chi connectivity index (χ4v) is 4.54. The van der Waals surface area contributed by atoms with Crippen molar-refractivity contribution in [3.8, 4) is 0 Å². The summed E-state index contributed by atoms with van der Waals surface area (Å²) in [4.78, 5) is 0.332. The Kier molecular flexibility index (Phi) is 4.47. The zero-order valence-electron chi connectivity index (χ0n) is 11.9. The average Bonchev–Trinajstić information content (AvgIpc) is 2.56. The van der Waals surface area contributed by atoms with Crippen LogP contribution in [0.15, 0.2) is 70.0 Å². The zero-order valence-corrected chi connectivity index (χ0v) is 14.3. The maximum absolute atomic E-state index is 12.7. The van der Waals surface area contributed by atoms with Crippen molar-refractivity contribution in [2.24, 2.45) is 0 Å². The van der Waals surface area contributed by atoms with Crippen molar-refractivity contribution >= 4 is 31.5 Å². The molecule has 1 aliphatic heterocycles. The third-order valence-corrected chi connectivity index (χ3v) is 6.10. The third kappa shape index (κ3) is 3.16. The van der Waals surface area contributed by atoms with Gasteiger partial charge in [0.2, 0.25) is 10.0 Å². The monoisotopic (exact) mass is 377 g/mol. The Morgan fingerprint density at radius 1 is 1.00 bits per heavy atom. The van der Waals surface area contributed by atoms with Gasteiger partial charge < -0.3 is 0 Å². The van der Waals surface area contributed by atoms with Crippen LogP contribution in [0.5, 0.6) is 0 Å². The summed E-state index contributed by atoms with van der Waals surface area (Å²) in [7, 11) is -3.43. The van der Waals surface area contributed by atoms with E-state index in [0.717, 1.165) is 10.9 Å². The molecule has 5 heteroatoms. The van der Waals surface area contributed by atoms with Gasteiger partial charge in [0.05, 0.1) is 4.90 Å². The normalized spacial score (nSPS) is 16.3. The van der Waals surface area contributed by atoms with E-state index in [1.807, 2.05) is 30.3 Å². The Labute approximate surface area is 139 Å². The van der Waals surface area contributed by atoms with E-state index in [2.05, 4.69) is 28.1 Å². The summed E-state index contributed by atoms with van der Waals surface area (Å²) in [6, 6.07) is 16.9. The van der Waals surface area contributed by atoms with Crippen LogP contribution in [0.1, 0.15) is 12.0 Å². The van der Waals surface area contributed by atoms with Crippen LogP contribution >= 0.6 is 15.9 Å². The number of halogens is 1. The molecule has 1 aliphatic rings. The highest BCUT2D eigenvalue weighted by Gasteiger charge is 2.26. The molecule has 22 heavy (non-hydrogen) atoms. The first-order valence-electron chi connectivity index (χ1n) is 7.07. The van der Waals surface area contributed by atoms with Gasteiger partial charge in [0.25, 0.3) is 0 Å². The molecule has 3 rings (SSSR count). The number of nitrogens with zero attached hydrogens (tertiary/aromatic N) is 1. The van der Waals surface area contributed by atoms with Crippen LogP contribution < -0.4 is 0 Å². The molecule has 2 aromatic carbocycles. The van der Waals surface area contributed by atoms with Gasteiger partial charge in [0, 0.05) is 17.6 Å². The predicted molar refractivity (Wildman–Crippen MR) is 91.9 cm³/mol.